The first kappa shape index (κ1) is 16.6. The van der Waals surface area contributed by atoms with Crippen molar-refractivity contribution in [2.24, 2.45) is 0 Å². The maximum atomic E-state index is 6.11. The molecule has 1 aromatic rings. The number of benzene rings is 1. The number of ether oxygens (including phenoxy) is 2. The summed E-state index contributed by atoms with van der Waals surface area (Å²) in [7, 11) is 0. The molecule has 2 unspecified atom stereocenters. The molecule has 3 nitrogen and oxygen atoms in total. The van der Waals surface area contributed by atoms with E-state index in [1.54, 1.807) is 0 Å². The van der Waals surface area contributed by atoms with Crippen molar-refractivity contribution in [3.63, 3.8) is 0 Å². The van der Waals surface area contributed by atoms with Crippen molar-refractivity contribution in [2.45, 2.75) is 45.8 Å². The molecule has 118 valence electrons. The van der Waals surface area contributed by atoms with Gasteiger partial charge in [-0.25, -0.2) is 0 Å². The van der Waals surface area contributed by atoms with Gasteiger partial charge in [0, 0.05) is 24.7 Å². The highest BCUT2D eigenvalue weighted by Crippen LogP contribution is 2.22. The Bertz CT molecular complexity index is 442. The number of aryl methyl sites for hydroxylation is 1. The third-order valence-corrected chi connectivity index (χ3v) is 4.15. The summed E-state index contributed by atoms with van der Waals surface area (Å²) in [5.74, 6) is 0.917. The third-order valence-electron chi connectivity index (χ3n) is 3.78. The smallest absolute Gasteiger partial charge is 0.119 e. The molecule has 2 rings (SSSR count). The second-order valence-electron chi connectivity index (χ2n) is 5.83. The maximum Gasteiger partial charge on any atom is 0.119 e. The third kappa shape index (κ3) is 5.17. The Balaban J connectivity index is 1.72. The number of morpholine rings is 1. The van der Waals surface area contributed by atoms with Crippen molar-refractivity contribution >= 4 is 11.6 Å². The molecule has 0 bridgehead atoms. The van der Waals surface area contributed by atoms with Crippen molar-refractivity contribution in [3.05, 3.63) is 28.8 Å². The number of halogens is 1. The first-order valence-electron chi connectivity index (χ1n) is 7.87. The van der Waals surface area contributed by atoms with Gasteiger partial charge >= 0.3 is 0 Å². The van der Waals surface area contributed by atoms with Crippen LogP contribution in [0.2, 0.25) is 5.02 Å². The van der Waals surface area contributed by atoms with E-state index in [4.69, 9.17) is 21.1 Å². The number of nitrogens with zero attached hydrogens (tertiary/aromatic N) is 1. The molecule has 0 saturated carbocycles. The van der Waals surface area contributed by atoms with E-state index in [9.17, 15) is 0 Å². The summed E-state index contributed by atoms with van der Waals surface area (Å²) in [5.41, 5.74) is 1.14. The molecular formula is C17H26ClNO2. The molecule has 21 heavy (non-hydrogen) atoms. The highest BCUT2D eigenvalue weighted by Gasteiger charge is 2.21. The molecule has 0 aliphatic carbocycles. The molecule has 1 aliphatic heterocycles. The lowest BCUT2D eigenvalue weighted by atomic mass is 10.1. The summed E-state index contributed by atoms with van der Waals surface area (Å²) >= 11 is 6.11. The van der Waals surface area contributed by atoms with Crippen molar-refractivity contribution in [1.82, 2.24) is 4.90 Å². The molecule has 0 amide bonds. The highest BCUT2D eigenvalue weighted by atomic mass is 35.5. The van der Waals surface area contributed by atoms with Crippen LogP contribution in [0.4, 0.5) is 0 Å². The summed E-state index contributed by atoms with van der Waals surface area (Å²) in [6, 6.07) is 5.91. The zero-order valence-corrected chi connectivity index (χ0v) is 14.0. The van der Waals surface area contributed by atoms with Crippen molar-refractivity contribution < 1.29 is 9.47 Å². The van der Waals surface area contributed by atoms with Crippen molar-refractivity contribution in [1.29, 1.82) is 0 Å². The largest absolute Gasteiger partial charge is 0.494 e. The maximum absolute atomic E-state index is 6.11. The van der Waals surface area contributed by atoms with E-state index in [1.807, 2.05) is 18.2 Å². The summed E-state index contributed by atoms with van der Waals surface area (Å²) in [5, 5.41) is 0.821. The van der Waals surface area contributed by atoms with Gasteiger partial charge in [-0.15, -0.1) is 0 Å². The van der Waals surface area contributed by atoms with Gasteiger partial charge in [-0.3, -0.25) is 4.90 Å². The standard InChI is InChI=1S/C17H26ClNO2/c1-4-15-10-16(6-7-17(15)18)20-9-5-8-19-11-13(2)21-14(3)12-19/h6-7,10,13-14H,4-5,8-9,11-12H2,1-3H3. The topological polar surface area (TPSA) is 21.7 Å². The zero-order chi connectivity index (χ0) is 15.2. The minimum absolute atomic E-state index is 0.332. The molecule has 1 fully saturated rings. The van der Waals surface area contributed by atoms with Gasteiger partial charge in [0.2, 0.25) is 0 Å². The number of rotatable bonds is 6. The number of hydrogen-bond donors (Lipinski definition) is 0. The lowest BCUT2D eigenvalue weighted by Gasteiger charge is -2.35. The van der Waals surface area contributed by atoms with Crippen molar-refractivity contribution in [2.75, 3.05) is 26.2 Å². The van der Waals surface area contributed by atoms with Crippen LogP contribution in [0.5, 0.6) is 5.75 Å². The van der Waals surface area contributed by atoms with Crippen LogP contribution in [-0.2, 0) is 11.2 Å². The normalized spacial score (nSPS) is 23.2. The Kier molecular flexibility index (Phi) is 6.34. The SMILES string of the molecule is CCc1cc(OCCCN2CC(C)OC(C)C2)ccc1Cl. The molecule has 2 atom stereocenters. The van der Waals surface area contributed by atoms with Crippen LogP contribution < -0.4 is 4.74 Å². The molecule has 4 heteroatoms. The monoisotopic (exact) mass is 311 g/mol. The van der Waals surface area contributed by atoms with E-state index in [2.05, 4.69) is 25.7 Å². The highest BCUT2D eigenvalue weighted by molar-refractivity contribution is 6.31. The summed E-state index contributed by atoms with van der Waals surface area (Å²) < 4.78 is 11.6. The summed E-state index contributed by atoms with van der Waals surface area (Å²) in [6.45, 7) is 10.2. The molecule has 0 radical (unpaired) electrons. The lowest BCUT2D eigenvalue weighted by Crippen LogP contribution is -2.45. The van der Waals surface area contributed by atoms with Gasteiger partial charge in [0.15, 0.2) is 0 Å². The molecule has 1 saturated heterocycles. The minimum Gasteiger partial charge on any atom is -0.494 e. The first-order valence-corrected chi connectivity index (χ1v) is 8.25. The van der Waals surface area contributed by atoms with E-state index in [0.717, 1.165) is 55.4 Å². The Morgan fingerprint density at radius 3 is 2.67 bits per heavy atom. The van der Waals surface area contributed by atoms with E-state index >= 15 is 0 Å². The average molecular weight is 312 g/mol. The van der Waals surface area contributed by atoms with E-state index in [0.29, 0.717) is 12.2 Å². The Morgan fingerprint density at radius 1 is 1.29 bits per heavy atom. The van der Waals surface area contributed by atoms with Gasteiger partial charge in [0.1, 0.15) is 5.75 Å². The Morgan fingerprint density at radius 2 is 2.00 bits per heavy atom. The average Bonchev–Trinajstić information content (AvgIpc) is 2.44. The molecule has 1 heterocycles. The van der Waals surface area contributed by atoms with Crippen LogP contribution >= 0.6 is 11.6 Å². The van der Waals surface area contributed by atoms with Gasteiger partial charge in [0.05, 0.1) is 18.8 Å². The first-order chi connectivity index (χ1) is 10.1. The minimum atomic E-state index is 0.332. The molecule has 0 spiro atoms. The molecule has 0 N–H and O–H groups in total. The zero-order valence-electron chi connectivity index (χ0n) is 13.3. The van der Waals surface area contributed by atoms with Gasteiger partial charge in [-0.1, -0.05) is 18.5 Å². The summed E-state index contributed by atoms with van der Waals surface area (Å²) in [4.78, 5) is 2.46. The predicted octanol–water partition coefficient (Wildman–Crippen LogP) is 3.78. The van der Waals surface area contributed by atoms with Gasteiger partial charge in [-0.2, -0.15) is 0 Å². The van der Waals surface area contributed by atoms with E-state index in [-0.39, 0.29) is 0 Å². The van der Waals surface area contributed by atoms with Crippen LogP contribution in [-0.4, -0.2) is 43.3 Å². The second-order valence-corrected chi connectivity index (χ2v) is 6.23. The Hall–Kier alpha value is -0.770. The van der Waals surface area contributed by atoms with Gasteiger partial charge in [0.25, 0.3) is 0 Å². The van der Waals surface area contributed by atoms with Crippen LogP contribution in [0.15, 0.2) is 18.2 Å². The molecule has 1 aromatic carbocycles. The van der Waals surface area contributed by atoms with Gasteiger partial charge in [-0.05, 0) is 50.5 Å². The molecule has 0 aromatic heterocycles. The second kappa shape index (κ2) is 8.02. The summed E-state index contributed by atoms with van der Waals surface area (Å²) in [6.07, 6.45) is 2.62. The van der Waals surface area contributed by atoms with E-state index in [1.165, 1.54) is 0 Å². The predicted molar refractivity (Wildman–Crippen MR) is 87.4 cm³/mol. The van der Waals surface area contributed by atoms with Gasteiger partial charge < -0.3 is 9.47 Å². The van der Waals surface area contributed by atoms with Crippen molar-refractivity contribution in [3.8, 4) is 5.75 Å². The van der Waals surface area contributed by atoms with Crippen LogP contribution in [0.1, 0.15) is 32.8 Å². The number of hydrogen-bond acceptors (Lipinski definition) is 3. The van der Waals surface area contributed by atoms with E-state index < -0.39 is 0 Å². The van der Waals surface area contributed by atoms with Crippen LogP contribution in [0.25, 0.3) is 0 Å². The lowest BCUT2D eigenvalue weighted by molar-refractivity contribution is -0.0686. The fraction of sp³-hybridized carbons (Fsp3) is 0.647. The Labute approximate surface area is 133 Å². The quantitative estimate of drug-likeness (QED) is 0.746. The fourth-order valence-electron chi connectivity index (χ4n) is 2.86. The van der Waals surface area contributed by atoms with Crippen LogP contribution in [0, 0.1) is 0 Å². The molecule has 1 aliphatic rings. The fourth-order valence-corrected chi connectivity index (χ4v) is 3.11. The molecular weight excluding hydrogens is 286 g/mol. The van der Waals surface area contributed by atoms with Crippen LogP contribution in [0.3, 0.4) is 0 Å².